The molecule has 2 N–H and O–H groups in total. The average molecular weight is 329 g/mol. The van der Waals surface area contributed by atoms with E-state index in [-0.39, 0.29) is 5.91 Å². The molecule has 1 saturated heterocycles. The lowest BCUT2D eigenvalue weighted by Crippen LogP contribution is -2.59. The first kappa shape index (κ1) is 17.4. The SMILES string of the molecule is CNC(=O)CN1CCC(N[C@H]2C[C@H](c3ccccc3)C2(C)C)CC1. The second kappa shape index (κ2) is 7.24. The summed E-state index contributed by atoms with van der Waals surface area (Å²) in [6.07, 6.45) is 3.51. The van der Waals surface area contributed by atoms with E-state index in [9.17, 15) is 4.79 Å². The number of carbonyl (C=O) groups excluding carboxylic acids is 1. The number of carbonyl (C=O) groups is 1. The maximum atomic E-state index is 11.5. The summed E-state index contributed by atoms with van der Waals surface area (Å²) in [5.41, 5.74) is 1.78. The fraction of sp³-hybridized carbons (Fsp3) is 0.650. The number of piperidine rings is 1. The van der Waals surface area contributed by atoms with E-state index in [1.807, 2.05) is 0 Å². The zero-order chi connectivity index (χ0) is 17.2. The van der Waals surface area contributed by atoms with Gasteiger partial charge in [-0.25, -0.2) is 0 Å². The van der Waals surface area contributed by atoms with Gasteiger partial charge >= 0.3 is 0 Å². The van der Waals surface area contributed by atoms with E-state index < -0.39 is 0 Å². The molecule has 4 heteroatoms. The summed E-state index contributed by atoms with van der Waals surface area (Å²) in [7, 11) is 1.71. The summed E-state index contributed by atoms with van der Waals surface area (Å²) in [6, 6.07) is 12.1. The molecule has 0 unspecified atom stereocenters. The number of nitrogens with zero attached hydrogens (tertiary/aromatic N) is 1. The molecule has 2 aliphatic rings. The van der Waals surface area contributed by atoms with Gasteiger partial charge in [0.05, 0.1) is 6.54 Å². The van der Waals surface area contributed by atoms with E-state index in [4.69, 9.17) is 0 Å². The first-order chi connectivity index (χ1) is 11.5. The van der Waals surface area contributed by atoms with E-state index in [1.54, 1.807) is 7.05 Å². The minimum atomic E-state index is 0.118. The number of rotatable bonds is 5. The van der Waals surface area contributed by atoms with Crippen molar-refractivity contribution in [2.24, 2.45) is 5.41 Å². The molecule has 3 rings (SSSR count). The van der Waals surface area contributed by atoms with Crippen molar-refractivity contribution in [3.05, 3.63) is 35.9 Å². The number of hydrogen-bond donors (Lipinski definition) is 2. The van der Waals surface area contributed by atoms with Crippen LogP contribution in [0, 0.1) is 5.41 Å². The van der Waals surface area contributed by atoms with Crippen molar-refractivity contribution in [3.63, 3.8) is 0 Å². The van der Waals surface area contributed by atoms with Crippen molar-refractivity contribution in [2.45, 2.75) is 51.1 Å². The van der Waals surface area contributed by atoms with Gasteiger partial charge in [-0.1, -0.05) is 44.2 Å². The third-order valence-electron chi connectivity index (χ3n) is 6.14. The average Bonchev–Trinajstić information content (AvgIpc) is 2.60. The Morgan fingerprint density at radius 2 is 1.88 bits per heavy atom. The maximum absolute atomic E-state index is 11.5. The highest BCUT2D eigenvalue weighted by Gasteiger charge is 2.49. The molecule has 0 aromatic heterocycles. The Hall–Kier alpha value is -1.39. The van der Waals surface area contributed by atoms with Crippen LogP contribution in [0.1, 0.15) is 44.6 Å². The van der Waals surface area contributed by atoms with Crippen molar-refractivity contribution >= 4 is 5.91 Å². The number of amides is 1. The molecule has 1 aliphatic carbocycles. The highest BCUT2D eigenvalue weighted by Crippen LogP contribution is 2.52. The van der Waals surface area contributed by atoms with Gasteiger partial charge in [0.15, 0.2) is 0 Å². The topological polar surface area (TPSA) is 44.4 Å². The smallest absolute Gasteiger partial charge is 0.233 e. The third kappa shape index (κ3) is 3.65. The van der Waals surface area contributed by atoms with Gasteiger partial charge in [-0.05, 0) is 36.2 Å². The molecular formula is C20H31N3O. The second-order valence-corrected chi connectivity index (χ2v) is 7.96. The van der Waals surface area contributed by atoms with Crippen LogP contribution < -0.4 is 10.6 Å². The summed E-state index contributed by atoms with van der Waals surface area (Å²) in [5.74, 6) is 0.775. The fourth-order valence-corrected chi connectivity index (χ4v) is 4.28. The molecule has 132 valence electrons. The largest absolute Gasteiger partial charge is 0.358 e. The molecule has 0 bridgehead atoms. The Labute approximate surface area is 146 Å². The van der Waals surface area contributed by atoms with Gasteiger partial charge in [-0.2, -0.15) is 0 Å². The van der Waals surface area contributed by atoms with Gasteiger partial charge in [0.1, 0.15) is 0 Å². The summed E-state index contributed by atoms with van der Waals surface area (Å²) in [6.45, 7) is 7.36. The predicted octanol–water partition coefficient (Wildman–Crippen LogP) is 2.37. The van der Waals surface area contributed by atoms with Crippen LogP contribution in [0.3, 0.4) is 0 Å². The number of likely N-dealkylation sites (tertiary alicyclic amines) is 1. The van der Waals surface area contributed by atoms with E-state index in [0.717, 1.165) is 25.9 Å². The Morgan fingerprint density at radius 3 is 2.46 bits per heavy atom. The molecule has 2 fully saturated rings. The Kier molecular flexibility index (Phi) is 5.26. The lowest BCUT2D eigenvalue weighted by Gasteiger charge is -2.54. The molecule has 1 heterocycles. The first-order valence-corrected chi connectivity index (χ1v) is 9.24. The quantitative estimate of drug-likeness (QED) is 0.872. The van der Waals surface area contributed by atoms with Crippen LogP contribution >= 0.6 is 0 Å². The molecule has 1 amide bonds. The van der Waals surface area contributed by atoms with E-state index in [1.165, 1.54) is 12.0 Å². The van der Waals surface area contributed by atoms with Crippen molar-refractivity contribution in [1.29, 1.82) is 0 Å². The van der Waals surface area contributed by atoms with Gasteiger partial charge in [-0.3, -0.25) is 9.69 Å². The zero-order valence-corrected chi connectivity index (χ0v) is 15.2. The fourth-order valence-electron chi connectivity index (χ4n) is 4.28. The predicted molar refractivity (Wildman–Crippen MR) is 98.0 cm³/mol. The third-order valence-corrected chi connectivity index (χ3v) is 6.14. The highest BCUT2D eigenvalue weighted by atomic mass is 16.1. The molecule has 1 aliphatic heterocycles. The molecule has 1 aromatic carbocycles. The van der Waals surface area contributed by atoms with Gasteiger partial charge in [0, 0.05) is 32.2 Å². The van der Waals surface area contributed by atoms with Crippen LogP contribution in [0.15, 0.2) is 30.3 Å². The summed E-state index contributed by atoms with van der Waals surface area (Å²) in [5, 5.41) is 6.61. The molecule has 1 saturated carbocycles. The minimum absolute atomic E-state index is 0.118. The first-order valence-electron chi connectivity index (χ1n) is 9.24. The maximum Gasteiger partial charge on any atom is 0.233 e. The van der Waals surface area contributed by atoms with Gasteiger partial charge < -0.3 is 10.6 Å². The Morgan fingerprint density at radius 1 is 1.21 bits per heavy atom. The number of hydrogen-bond acceptors (Lipinski definition) is 3. The van der Waals surface area contributed by atoms with Crippen LogP contribution in [0.5, 0.6) is 0 Å². The molecule has 2 atom stereocenters. The summed E-state index contributed by atoms with van der Waals surface area (Å²) < 4.78 is 0. The molecule has 0 radical (unpaired) electrons. The van der Waals surface area contributed by atoms with Crippen LogP contribution in [-0.2, 0) is 4.79 Å². The van der Waals surface area contributed by atoms with E-state index in [2.05, 4.69) is 59.7 Å². The molecule has 24 heavy (non-hydrogen) atoms. The van der Waals surface area contributed by atoms with Gasteiger partial charge in [0.2, 0.25) is 5.91 Å². The highest BCUT2D eigenvalue weighted by molar-refractivity contribution is 5.77. The Balaban J connectivity index is 1.48. The summed E-state index contributed by atoms with van der Waals surface area (Å²) in [4.78, 5) is 13.7. The lowest BCUT2D eigenvalue weighted by molar-refractivity contribution is -0.122. The normalized spacial score (nSPS) is 27.5. The lowest BCUT2D eigenvalue weighted by atomic mass is 9.56. The molecule has 0 spiro atoms. The molecule has 4 nitrogen and oxygen atoms in total. The Bertz CT molecular complexity index is 549. The standard InChI is InChI=1S/C20H31N3O/c1-20(2)17(15-7-5-4-6-8-15)13-18(20)22-16-9-11-23(12-10-16)14-19(24)21-3/h4-8,16-18,22H,9-14H2,1-3H3,(H,21,24)/t17-,18+/m1/s1. The van der Waals surface area contributed by atoms with Crippen LogP contribution in [0.4, 0.5) is 0 Å². The summed E-state index contributed by atoms with van der Waals surface area (Å²) >= 11 is 0. The van der Waals surface area contributed by atoms with Gasteiger partial charge in [-0.15, -0.1) is 0 Å². The van der Waals surface area contributed by atoms with Crippen molar-refractivity contribution in [2.75, 3.05) is 26.7 Å². The van der Waals surface area contributed by atoms with Crippen LogP contribution in [0.2, 0.25) is 0 Å². The molecule has 1 aromatic rings. The number of nitrogens with one attached hydrogen (secondary N) is 2. The minimum Gasteiger partial charge on any atom is -0.358 e. The van der Waals surface area contributed by atoms with Crippen molar-refractivity contribution < 1.29 is 4.79 Å². The zero-order valence-electron chi connectivity index (χ0n) is 15.2. The van der Waals surface area contributed by atoms with Crippen LogP contribution in [0.25, 0.3) is 0 Å². The number of likely N-dealkylation sites (N-methyl/N-ethyl adjacent to an activating group) is 1. The second-order valence-electron chi connectivity index (χ2n) is 7.96. The van der Waals surface area contributed by atoms with E-state index in [0.29, 0.717) is 30.0 Å². The van der Waals surface area contributed by atoms with Crippen molar-refractivity contribution in [3.8, 4) is 0 Å². The molecular weight excluding hydrogens is 298 g/mol. The van der Waals surface area contributed by atoms with E-state index >= 15 is 0 Å². The number of benzene rings is 1. The van der Waals surface area contributed by atoms with Gasteiger partial charge in [0.25, 0.3) is 0 Å². The van der Waals surface area contributed by atoms with Crippen molar-refractivity contribution in [1.82, 2.24) is 15.5 Å². The van der Waals surface area contributed by atoms with Crippen LogP contribution in [-0.4, -0.2) is 49.6 Å². The monoisotopic (exact) mass is 329 g/mol.